The summed E-state index contributed by atoms with van der Waals surface area (Å²) in [5.41, 5.74) is 0.863. The van der Waals surface area contributed by atoms with Gasteiger partial charge in [-0.3, -0.25) is 9.36 Å². The molecule has 2 rings (SSSR count). The van der Waals surface area contributed by atoms with E-state index in [0.29, 0.717) is 5.75 Å². The van der Waals surface area contributed by atoms with Crippen LogP contribution in [0.15, 0.2) is 60.7 Å². The maximum Gasteiger partial charge on any atom is 0.327 e. The third-order valence-electron chi connectivity index (χ3n) is 3.04. The average molecular weight is 354 g/mol. The van der Waals surface area contributed by atoms with Crippen LogP contribution in [0.25, 0.3) is 0 Å². The highest BCUT2D eigenvalue weighted by Crippen LogP contribution is 2.35. The van der Waals surface area contributed by atoms with E-state index < -0.39 is 19.3 Å². The summed E-state index contributed by atoms with van der Waals surface area (Å²) in [4.78, 5) is 18.5. The van der Waals surface area contributed by atoms with E-state index in [1.165, 1.54) is 6.92 Å². The summed E-state index contributed by atoms with van der Waals surface area (Å²) < 4.78 is 16.9. The lowest BCUT2D eigenvalue weighted by Crippen LogP contribution is -2.37. The quantitative estimate of drug-likeness (QED) is 0.427. The number of carbonyl (C=O) groups is 1. The third-order valence-corrected chi connectivity index (χ3v) is 4.36. The number of hydrogen-bond donors (Lipinski definition) is 0. The van der Waals surface area contributed by atoms with Crippen molar-refractivity contribution >= 4 is 24.5 Å². The minimum Gasteiger partial charge on any atom is -0.460 e. The van der Waals surface area contributed by atoms with Crippen LogP contribution in [0.1, 0.15) is 12.5 Å². The molecule has 0 fully saturated rings. The number of ether oxygens (including phenoxy) is 1. The molecule has 0 aliphatic heterocycles. The summed E-state index contributed by atoms with van der Waals surface area (Å²) in [7, 11) is -2.76. The van der Waals surface area contributed by atoms with Crippen LogP contribution in [0.5, 0.6) is 5.75 Å². The SMILES string of the molecule is C[C@@H](C(=O)OCc1ccccc1)N(Oc1ccccc1)[PH](=O)Cl. The van der Waals surface area contributed by atoms with Crippen LogP contribution in [0.3, 0.4) is 0 Å². The number of hydrogen-bond acceptors (Lipinski definition) is 4. The fourth-order valence-electron chi connectivity index (χ4n) is 1.81. The lowest BCUT2D eigenvalue weighted by Gasteiger charge is -2.24. The van der Waals surface area contributed by atoms with Crippen molar-refractivity contribution in [2.45, 2.75) is 19.6 Å². The number of nitrogens with zero attached hydrogens (tertiary/aromatic N) is 1. The van der Waals surface area contributed by atoms with E-state index in [0.717, 1.165) is 10.4 Å². The summed E-state index contributed by atoms with van der Waals surface area (Å²) in [6, 6.07) is 17.1. The van der Waals surface area contributed by atoms with Crippen molar-refractivity contribution in [2.75, 3.05) is 0 Å². The summed E-state index contributed by atoms with van der Waals surface area (Å²) in [5.74, 6) is -0.127. The minimum absolute atomic E-state index is 0.131. The molecule has 5 nitrogen and oxygen atoms in total. The van der Waals surface area contributed by atoms with E-state index in [1.54, 1.807) is 24.3 Å². The van der Waals surface area contributed by atoms with Gasteiger partial charge in [0.1, 0.15) is 18.4 Å². The van der Waals surface area contributed by atoms with Crippen molar-refractivity contribution in [3.63, 3.8) is 0 Å². The average Bonchev–Trinajstić information content (AvgIpc) is 2.58. The van der Waals surface area contributed by atoms with E-state index in [9.17, 15) is 9.36 Å². The molecule has 0 saturated heterocycles. The predicted octanol–water partition coefficient (Wildman–Crippen LogP) is 4.04. The summed E-state index contributed by atoms with van der Waals surface area (Å²) in [6.07, 6.45) is 0. The molecule has 0 spiro atoms. The normalized spacial score (nSPS) is 13.3. The van der Waals surface area contributed by atoms with E-state index in [-0.39, 0.29) is 6.61 Å². The number of hydroxylamine groups is 1. The Balaban J connectivity index is 1.98. The monoisotopic (exact) mass is 353 g/mol. The number of carbonyl (C=O) groups excluding carboxylic acids is 1. The minimum atomic E-state index is -2.76. The van der Waals surface area contributed by atoms with Crippen molar-refractivity contribution in [1.29, 1.82) is 0 Å². The summed E-state index contributed by atoms with van der Waals surface area (Å²) in [5, 5.41) is 0. The number of para-hydroxylation sites is 1. The van der Waals surface area contributed by atoms with Crippen molar-refractivity contribution in [3.05, 3.63) is 66.2 Å². The highest BCUT2D eigenvalue weighted by molar-refractivity contribution is 7.71. The molecule has 0 radical (unpaired) electrons. The van der Waals surface area contributed by atoms with E-state index >= 15 is 0 Å². The van der Waals surface area contributed by atoms with Gasteiger partial charge in [0.05, 0.1) is 0 Å². The number of halogens is 1. The van der Waals surface area contributed by atoms with Gasteiger partial charge < -0.3 is 9.57 Å². The smallest absolute Gasteiger partial charge is 0.327 e. The molecular formula is C16H17ClNO4P. The molecule has 2 atom stereocenters. The first kappa shape index (κ1) is 17.5. The van der Waals surface area contributed by atoms with Crippen molar-refractivity contribution in [2.24, 2.45) is 0 Å². The van der Waals surface area contributed by atoms with Gasteiger partial charge in [-0.15, -0.1) is 0 Å². The zero-order valence-corrected chi connectivity index (χ0v) is 14.3. The largest absolute Gasteiger partial charge is 0.460 e. The summed E-state index contributed by atoms with van der Waals surface area (Å²) in [6.45, 7) is 1.66. The Bertz CT molecular complexity index is 654. The number of esters is 1. The van der Waals surface area contributed by atoms with E-state index in [4.69, 9.17) is 20.8 Å². The topological polar surface area (TPSA) is 55.8 Å². The zero-order chi connectivity index (χ0) is 16.7. The maximum atomic E-state index is 12.1. The molecule has 2 aromatic rings. The Hall–Kier alpha value is -1.81. The molecule has 0 heterocycles. The highest BCUT2D eigenvalue weighted by atomic mass is 35.7. The standard InChI is InChI=1S/C16H17ClNO4P/c1-13(16(19)21-12-14-8-4-2-5-9-14)18(23(17)20)22-15-10-6-3-7-11-15/h2-11,13,23H,12H2,1H3/t13-/m0/s1. The van der Waals surface area contributed by atoms with Gasteiger partial charge in [-0.05, 0) is 35.9 Å². The predicted molar refractivity (Wildman–Crippen MR) is 89.5 cm³/mol. The van der Waals surface area contributed by atoms with Crippen molar-refractivity contribution < 1.29 is 18.9 Å². The van der Waals surface area contributed by atoms with Gasteiger partial charge in [0.2, 0.25) is 0 Å². The summed E-state index contributed by atoms with van der Waals surface area (Å²) >= 11 is 5.69. The van der Waals surface area contributed by atoms with Gasteiger partial charge in [0.15, 0.2) is 0 Å². The highest BCUT2D eigenvalue weighted by Gasteiger charge is 2.28. The first-order chi connectivity index (χ1) is 11.1. The molecule has 0 amide bonds. The molecule has 0 aromatic heterocycles. The molecule has 0 aliphatic rings. The van der Waals surface area contributed by atoms with Gasteiger partial charge in [-0.1, -0.05) is 53.4 Å². The number of rotatable bonds is 7. The molecule has 2 aromatic carbocycles. The lowest BCUT2D eigenvalue weighted by molar-refractivity contribution is -0.155. The third kappa shape index (κ3) is 5.39. The lowest BCUT2D eigenvalue weighted by atomic mass is 10.2. The van der Waals surface area contributed by atoms with Crippen LogP contribution >= 0.6 is 18.5 Å². The van der Waals surface area contributed by atoms with E-state index in [1.807, 2.05) is 36.4 Å². The first-order valence-corrected chi connectivity index (χ1v) is 9.37. The fourth-order valence-corrected chi connectivity index (χ4v) is 2.94. The van der Waals surface area contributed by atoms with Gasteiger partial charge in [-0.25, -0.2) is 0 Å². The molecule has 1 unspecified atom stereocenters. The Labute approximate surface area is 140 Å². The van der Waals surface area contributed by atoms with Gasteiger partial charge in [-0.2, -0.15) is 0 Å². The Morgan fingerprint density at radius 3 is 2.26 bits per heavy atom. The second-order valence-corrected chi connectivity index (χ2v) is 6.67. The second kappa shape index (κ2) is 8.73. The van der Waals surface area contributed by atoms with Crippen LogP contribution in [0.2, 0.25) is 0 Å². The fraction of sp³-hybridized carbons (Fsp3) is 0.188. The van der Waals surface area contributed by atoms with Crippen LogP contribution < -0.4 is 4.84 Å². The van der Waals surface area contributed by atoms with Crippen LogP contribution in [0, 0.1) is 0 Å². The van der Waals surface area contributed by atoms with Crippen LogP contribution in [-0.4, -0.2) is 16.8 Å². The molecule has 7 heteroatoms. The Morgan fingerprint density at radius 1 is 1.13 bits per heavy atom. The van der Waals surface area contributed by atoms with Gasteiger partial charge >= 0.3 is 5.97 Å². The number of benzene rings is 2. The molecular weight excluding hydrogens is 337 g/mol. The van der Waals surface area contributed by atoms with Gasteiger partial charge in [0.25, 0.3) is 7.30 Å². The van der Waals surface area contributed by atoms with Gasteiger partial charge in [0, 0.05) is 0 Å². The van der Waals surface area contributed by atoms with Crippen molar-refractivity contribution in [1.82, 2.24) is 4.83 Å². The van der Waals surface area contributed by atoms with Crippen LogP contribution in [-0.2, 0) is 20.7 Å². The Kier molecular flexibility index (Phi) is 6.66. The molecule has 0 aliphatic carbocycles. The van der Waals surface area contributed by atoms with Crippen molar-refractivity contribution in [3.8, 4) is 5.75 Å². The zero-order valence-electron chi connectivity index (χ0n) is 12.5. The first-order valence-electron chi connectivity index (χ1n) is 7.00. The molecule has 23 heavy (non-hydrogen) atoms. The maximum absolute atomic E-state index is 12.1. The second-order valence-electron chi connectivity index (χ2n) is 4.75. The molecule has 0 bridgehead atoms. The molecule has 0 saturated carbocycles. The van der Waals surface area contributed by atoms with E-state index in [2.05, 4.69) is 0 Å². The Morgan fingerprint density at radius 2 is 1.70 bits per heavy atom. The molecule has 122 valence electrons. The molecule has 0 N–H and O–H groups in total. The van der Waals surface area contributed by atoms with Crippen LogP contribution in [0.4, 0.5) is 0 Å².